The number of rotatable bonds is 2. The largest absolute Gasteiger partial charge is 0.309 e. The van der Waals surface area contributed by atoms with Crippen LogP contribution in [-0.2, 0) is 6.54 Å². The summed E-state index contributed by atoms with van der Waals surface area (Å²) in [6.45, 7) is 0.620. The molecule has 15 heavy (non-hydrogen) atoms. The summed E-state index contributed by atoms with van der Waals surface area (Å²) in [6, 6.07) is 5.63. The molecule has 0 radical (unpaired) electrons. The Morgan fingerprint density at radius 2 is 2.20 bits per heavy atom. The van der Waals surface area contributed by atoms with E-state index in [1.165, 1.54) is 0 Å². The van der Waals surface area contributed by atoms with Gasteiger partial charge in [-0.3, -0.25) is 4.79 Å². The van der Waals surface area contributed by atoms with Crippen molar-refractivity contribution in [2.24, 2.45) is 0 Å². The van der Waals surface area contributed by atoms with E-state index in [0.29, 0.717) is 11.0 Å². The van der Waals surface area contributed by atoms with E-state index >= 15 is 0 Å². The van der Waals surface area contributed by atoms with Crippen molar-refractivity contribution in [3.8, 4) is 0 Å². The minimum absolute atomic E-state index is 0.00187. The van der Waals surface area contributed by atoms with Gasteiger partial charge in [0, 0.05) is 20.9 Å². The highest BCUT2D eigenvalue weighted by atomic mass is 79.9. The second kappa shape index (κ2) is 4.63. The summed E-state index contributed by atoms with van der Waals surface area (Å²) < 4.78 is 3.34. The normalized spacial score (nSPS) is 10.5. The standard InChI is InChI=1S/C10H7Br2NOS/c11-7-4-8(15-6-7)5-13-3-1-2-9(12)10(13)14/h1-4,6H,5H2. The predicted molar refractivity (Wildman–Crippen MR) is 69.5 cm³/mol. The van der Waals surface area contributed by atoms with Gasteiger partial charge in [-0.05, 0) is 50.1 Å². The number of hydrogen-bond donors (Lipinski definition) is 0. The molecule has 5 heteroatoms. The van der Waals surface area contributed by atoms with Crippen molar-refractivity contribution < 1.29 is 0 Å². The first kappa shape index (κ1) is 11.1. The quantitative estimate of drug-likeness (QED) is 0.814. The Morgan fingerprint density at radius 1 is 1.40 bits per heavy atom. The van der Waals surface area contributed by atoms with Gasteiger partial charge in [-0.1, -0.05) is 0 Å². The van der Waals surface area contributed by atoms with Crippen molar-refractivity contribution >= 4 is 43.2 Å². The van der Waals surface area contributed by atoms with E-state index in [9.17, 15) is 4.79 Å². The maximum atomic E-state index is 11.7. The Hall–Kier alpha value is -0.390. The summed E-state index contributed by atoms with van der Waals surface area (Å²) in [5, 5.41) is 2.01. The van der Waals surface area contributed by atoms with Gasteiger partial charge >= 0.3 is 0 Å². The molecular weight excluding hydrogens is 342 g/mol. The Bertz CT molecular complexity index is 532. The number of thiophene rings is 1. The molecular formula is C10H7Br2NOS. The number of pyridine rings is 1. The molecule has 0 bridgehead atoms. The number of hydrogen-bond acceptors (Lipinski definition) is 2. The number of aromatic nitrogens is 1. The van der Waals surface area contributed by atoms with Crippen LogP contribution in [0.2, 0.25) is 0 Å². The summed E-state index contributed by atoms with van der Waals surface area (Å²) in [5.41, 5.74) is 0.00187. The van der Waals surface area contributed by atoms with Crippen molar-refractivity contribution in [3.63, 3.8) is 0 Å². The van der Waals surface area contributed by atoms with Crippen LogP contribution in [0, 0.1) is 0 Å². The van der Waals surface area contributed by atoms with E-state index in [4.69, 9.17) is 0 Å². The Balaban J connectivity index is 2.32. The molecule has 2 nitrogen and oxygen atoms in total. The highest BCUT2D eigenvalue weighted by Gasteiger charge is 2.02. The molecule has 2 aromatic rings. The molecule has 0 aliphatic rings. The minimum Gasteiger partial charge on any atom is -0.309 e. The zero-order valence-electron chi connectivity index (χ0n) is 7.61. The summed E-state index contributed by atoms with van der Waals surface area (Å²) in [4.78, 5) is 12.8. The topological polar surface area (TPSA) is 22.0 Å². The Kier molecular flexibility index (Phi) is 3.43. The molecule has 0 unspecified atom stereocenters. The van der Waals surface area contributed by atoms with Gasteiger partial charge in [0.05, 0.1) is 11.0 Å². The molecule has 0 aliphatic heterocycles. The fraction of sp³-hybridized carbons (Fsp3) is 0.100. The van der Waals surface area contributed by atoms with E-state index in [-0.39, 0.29) is 5.56 Å². The van der Waals surface area contributed by atoms with Crippen LogP contribution < -0.4 is 5.56 Å². The molecule has 0 spiro atoms. The minimum atomic E-state index is 0.00187. The van der Waals surface area contributed by atoms with Crippen molar-refractivity contribution in [2.45, 2.75) is 6.54 Å². The maximum Gasteiger partial charge on any atom is 0.265 e. The monoisotopic (exact) mass is 347 g/mol. The third-order valence-corrected chi connectivity index (χ3v) is 4.21. The molecule has 0 aromatic carbocycles. The molecule has 78 valence electrons. The van der Waals surface area contributed by atoms with Crippen LogP contribution in [0.15, 0.2) is 43.5 Å². The van der Waals surface area contributed by atoms with Crippen LogP contribution in [0.25, 0.3) is 0 Å². The van der Waals surface area contributed by atoms with Gasteiger partial charge in [-0.2, -0.15) is 0 Å². The van der Waals surface area contributed by atoms with Gasteiger partial charge in [0.1, 0.15) is 0 Å². The van der Waals surface area contributed by atoms with Gasteiger partial charge < -0.3 is 4.57 Å². The van der Waals surface area contributed by atoms with E-state index in [2.05, 4.69) is 31.9 Å². The lowest BCUT2D eigenvalue weighted by atomic mass is 10.4. The van der Waals surface area contributed by atoms with E-state index < -0.39 is 0 Å². The van der Waals surface area contributed by atoms with Crippen LogP contribution in [0.1, 0.15) is 4.88 Å². The van der Waals surface area contributed by atoms with Gasteiger partial charge in [0.15, 0.2) is 0 Å². The lowest BCUT2D eigenvalue weighted by Gasteiger charge is -2.03. The first-order valence-electron chi connectivity index (χ1n) is 4.24. The molecule has 0 fully saturated rings. The maximum absolute atomic E-state index is 11.7. The van der Waals surface area contributed by atoms with Crippen LogP contribution in [0.4, 0.5) is 0 Å². The average molecular weight is 349 g/mol. The second-order valence-electron chi connectivity index (χ2n) is 3.02. The first-order chi connectivity index (χ1) is 7.16. The number of halogens is 2. The second-order valence-corrected chi connectivity index (χ2v) is 5.79. The summed E-state index contributed by atoms with van der Waals surface area (Å²) in [7, 11) is 0. The molecule has 0 N–H and O–H groups in total. The third kappa shape index (κ3) is 2.59. The van der Waals surface area contributed by atoms with Crippen LogP contribution >= 0.6 is 43.2 Å². The summed E-state index contributed by atoms with van der Waals surface area (Å²) in [6.07, 6.45) is 1.79. The van der Waals surface area contributed by atoms with Crippen LogP contribution in [-0.4, -0.2) is 4.57 Å². The van der Waals surface area contributed by atoms with Crippen molar-refractivity contribution in [3.05, 3.63) is 54.0 Å². The molecule has 2 rings (SSSR count). The summed E-state index contributed by atoms with van der Waals surface area (Å²) >= 11 is 8.25. The zero-order valence-corrected chi connectivity index (χ0v) is 11.6. The fourth-order valence-corrected chi connectivity index (χ4v) is 3.07. The lowest BCUT2D eigenvalue weighted by molar-refractivity contribution is 0.765. The SMILES string of the molecule is O=c1c(Br)cccn1Cc1cc(Br)cs1. The van der Waals surface area contributed by atoms with Crippen molar-refractivity contribution in [1.82, 2.24) is 4.57 Å². The third-order valence-electron chi connectivity index (χ3n) is 1.92. The fourth-order valence-electron chi connectivity index (χ4n) is 1.24. The highest BCUT2D eigenvalue weighted by Crippen LogP contribution is 2.20. The Labute approximate surface area is 108 Å². The predicted octanol–water partition coefficient (Wildman–Crippen LogP) is 3.48. The van der Waals surface area contributed by atoms with E-state index in [1.54, 1.807) is 28.2 Å². The summed E-state index contributed by atoms with van der Waals surface area (Å²) in [5.74, 6) is 0. The van der Waals surface area contributed by atoms with Gasteiger partial charge in [-0.15, -0.1) is 11.3 Å². The van der Waals surface area contributed by atoms with Crippen LogP contribution in [0.3, 0.4) is 0 Å². The molecule has 0 amide bonds. The average Bonchev–Trinajstić information content (AvgIpc) is 2.59. The zero-order chi connectivity index (χ0) is 10.8. The van der Waals surface area contributed by atoms with Gasteiger partial charge in [0.2, 0.25) is 0 Å². The van der Waals surface area contributed by atoms with Crippen LogP contribution in [0.5, 0.6) is 0 Å². The van der Waals surface area contributed by atoms with Crippen molar-refractivity contribution in [2.75, 3.05) is 0 Å². The van der Waals surface area contributed by atoms with Gasteiger partial charge in [0.25, 0.3) is 5.56 Å². The lowest BCUT2D eigenvalue weighted by Crippen LogP contribution is -2.19. The molecule has 0 aliphatic carbocycles. The number of nitrogens with zero attached hydrogens (tertiary/aromatic N) is 1. The Morgan fingerprint density at radius 3 is 2.87 bits per heavy atom. The molecule has 0 saturated heterocycles. The molecule has 2 heterocycles. The van der Waals surface area contributed by atoms with Crippen molar-refractivity contribution in [1.29, 1.82) is 0 Å². The smallest absolute Gasteiger partial charge is 0.265 e. The van der Waals surface area contributed by atoms with E-state index in [0.717, 1.165) is 9.35 Å². The molecule has 2 aromatic heterocycles. The molecule has 0 saturated carbocycles. The van der Waals surface area contributed by atoms with Gasteiger partial charge in [-0.25, -0.2) is 0 Å². The van der Waals surface area contributed by atoms with E-state index in [1.807, 2.05) is 17.5 Å². The first-order valence-corrected chi connectivity index (χ1v) is 6.71. The highest BCUT2D eigenvalue weighted by molar-refractivity contribution is 9.10. The molecule has 0 atom stereocenters.